The van der Waals surface area contributed by atoms with Crippen molar-refractivity contribution in [2.75, 3.05) is 4.90 Å². The fraction of sp³-hybridized carbons (Fsp3) is 0.200. The van der Waals surface area contributed by atoms with Gasteiger partial charge in [-0.15, -0.1) is 0 Å². The molecule has 2 aromatic heterocycles. The van der Waals surface area contributed by atoms with E-state index in [1.807, 2.05) is 37.3 Å². The normalized spacial score (nSPS) is 19.9. The molecular formula is C20H19N3OS. The Hall–Kier alpha value is -2.66. The highest BCUT2D eigenvalue weighted by Crippen LogP contribution is 2.41. The molecule has 3 aromatic rings. The van der Waals surface area contributed by atoms with E-state index in [1.54, 1.807) is 6.20 Å². The maximum absolute atomic E-state index is 5.97. The second-order valence-corrected chi connectivity index (χ2v) is 6.67. The van der Waals surface area contributed by atoms with Crippen LogP contribution in [0.4, 0.5) is 5.69 Å². The Balaban J connectivity index is 1.81. The van der Waals surface area contributed by atoms with Crippen molar-refractivity contribution in [2.24, 2.45) is 0 Å². The average molecular weight is 349 g/mol. The molecule has 1 saturated heterocycles. The Kier molecular flexibility index (Phi) is 4.01. The van der Waals surface area contributed by atoms with Gasteiger partial charge in [-0.1, -0.05) is 23.8 Å². The molecule has 0 radical (unpaired) electrons. The standard InChI is InChI=1S/C20H19N3OS/c1-13-6-9-15(10-7-13)23-19(17-11-8-14(2)24-17)18(22-20(23)25)16-5-3-4-12-21-16/h3-12,18-19H,1-2H3,(H,22,25)/t18-,19+/m0/s1. The van der Waals surface area contributed by atoms with E-state index in [0.29, 0.717) is 5.11 Å². The van der Waals surface area contributed by atoms with Crippen molar-refractivity contribution in [2.45, 2.75) is 25.9 Å². The number of furan rings is 1. The van der Waals surface area contributed by atoms with Gasteiger partial charge in [0.2, 0.25) is 0 Å². The highest BCUT2D eigenvalue weighted by atomic mass is 32.1. The number of rotatable bonds is 3. The summed E-state index contributed by atoms with van der Waals surface area (Å²) in [6, 6.07) is 18.1. The molecule has 1 aliphatic rings. The maximum Gasteiger partial charge on any atom is 0.174 e. The van der Waals surface area contributed by atoms with Crippen LogP contribution in [0, 0.1) is 13.8 Å². The van der Waals surface area contributed by atoms with Gasteiger partial charge in [0.1, 0.15) is 17.6 Å². The number of hydrogen-bond acceptors (Lipinski definition) is 3. The quantitative estimate of drug-likeness (QED) is 0.707. The van der Waals surface area contributed by atoms with Crippen LogP contribution in [0.5, 0.6) is 0 Å². The summed E-state index contributed by atoms with van der Waals surface area (Å²) in [5.41, 5.74) is 3.20. The van der Waals surface area contributed by atoms with Crippen molar-refractivity contribution in [3.8, 4) is 0 Å². The first-order valence-corrected chi connectivity index (χ1v) is 8.68. The molecule has 4 nitrogen and oxygen atoms in total. The lowest BCUT2D eigenvalue weighted by Crippen LogP contribution is -2.29. The number of thiocarbonyl (C=S) groups is 1. The topological polar surface area (TPSA) is 41.3 Å². The van der Waals surface area contributed by atoms with E-state index >= 15 is 0 Å². The van der Waals surface area contributed by atoms with Crippen molar-refractivity contribution >= 4 is 23.0 Å². The fourth-order valence-corrected chi connectivity index (χ4v) is 3.59. The minimum absolute atomic E-state index is 0.0689. The molecule has 1 N–H and O–H groups in total. The monoisotopic (exact) mass is 349 g/mol. The predicted molar refractivity (Wildman–Crippen MR) is 103 cm³/mol. The van der Waals surface area contributed by atoms with Gasteiger partial charge in [0.05, 0.1) is 11.7 Å². The van der Waals surface area contributed by atoms with Gasteiger partial charge in [-0.2, -0.15) is 0 Å². The van der Waals surface area contributed by atoms with Crippen molar-refractivity contribution in [1.29, 1.82) is 0 Å². The van der Waals surface area contributed by atoms with Crippen LogP contribution in [0.25, 0.3) is 0 Å². The van der Waals surface area contributed by atoms with Crippen molar-refractivity contribution in [3.05, 3.63) is 83.6 Å². The highest BCUT2D eigenvalue weighted by molar-refractivity contribution is 7.80. The molecule has 126 valence electrons. The van der Waals surface area contributed by atoms with Crippen LogP contribution in [-0.4, -0.2) is 10.1 Å². The van der Waals surface area contributed by atoms with Gasteiger partial charge in [0.15, 0.2) is 5.11 Å². The Labute approximate surface area is 152 Å². The number of benzene rings is 1. The molecule has 2 atom stereocenters. The molecule has 0 saturated carbocycles. The molecule has 1 fully saturated rings. The van der Waals surface area contributed by atoms with Gasteiger partial charge in [-0.05, 0) is 62.5 Å². The summed E-state index contributed by atoms with van der Waals surface area (Å²) in [5, 5.41) is 4.11. The molecular weight excluding hydrogens is 330 g/mol. The molecule has 5 heteroatoms. The zero-order chi connectivity index (χ0) is 17.4. The molecule has 0 bridgehead atoms. The summed E-state index contributed by atoms with van der Waals surface area (Å²) < 4.78 is 5.97. The third kappa shape index (κ3) is 2.91. The summed E-state index contributed by atoms with van der Waals surface area (Å²) in [5.74, 6) is 1.76. The summed E-state index contributed by atoms with van der Waals surface area (Å²) in [6.07, 6.45) is 1.80. The van der Waals surface area contributed by atoms with Crippen molar-refractivity contribution in [1.82, 2.24) is 10.3 Å². The van der Waals surface area contributed by atoms with E-state index in [4.69, 9.17) is 16.6 Å². The van der Waals surface area contributed by atoms with Crippen LogP contribution in [-0.2, 0) is 0 Å². The molecule has 25 heavy (non-hydrogen) atoms. The van der Waals surface area contributed by atoms with Gasteiger partial charge in [-0.3, -0.25) is 4.98 Å². The lowest BCUT2D eigenvalue weighted by atomic mass is 10.0. The lowest BCUT2D eigenvalue weighted by molar-refractivity contribution is 0.418. The summed E-state index contributed by atoms with van der Waals surface area (Å²) in [4.78, 5) is 6.65. The maximum atomic E-state index is 5.97. The molecule has 3 heterocycles. The van der Waals surface area contributed by atoms with E-state index in [1.165, 1.54) is 5.56 Å². The van der Waals surface area contributed by atoms with Gasteiger partial charge in [-0.25, -0.2) is 0 Å². The predicted octanol–water partition coefficient (Wildman–Crippen LogP) is 4.47. The van der Waals surface area contributed by atoms with Gasteiger partial charge in [0, 0.05) is 11.9 Å². The lowest BCUT2D eigenvalue weighted by Gasteiger charge is -2.26. The first-order valence-electron chi connectivity index (χ1n) is 8.27. The fourth-order valence-electron chi connectivity index (χ4n) is 3.24. The molecule has 1 aromatic carbocycles. The smallest absolute Gasteiger partial charge is 0.174 e. The van der Waals surface area contributed by atoms with Crippen LogP contribution >= 0.6 is 12.2 Å². The number of anilines is 1. The van der Waals surface area contributed by atoms with Crippen LogP contribution < -0.4 is 10.2 Å². The Morgan fingerprint density at radius 2 is 1.84 bits per heavy atom. The summed E-state index contributed by atoms with van der Waals surface area (Å²) in [7, 11) is 0. The number of hydrogen-bond donors (Lipinski definition) is 1. The third-order valence-corrected chi connectivity index (χ3v) is 4.78. The minimum atomic E-state index is -0.0844. The number of nitrogens with one attached hydrogen (secondary N) is 1. The number of aryl methyl sites for hydroxylation is 2. The Morgan fingerprint density at radius 3 is 2.48 bits per heavy atom. The summed E-state index contributed by atoms with van der Waals surface area (Å²) in [6.45, 7) is 4.03. The van der Waals surface area contributed by atoms with E-state index < -0.39 is 0 Å². The second kappa shape index (κ2) is 6.33. The minimum Gasteiger partial charge on any atom is -0.464 e. The average Bonchev–Trinajstić information content (AvgIpc) is 3.20. The van der Waals surface area contributed by atoms with E-state index in [-0.39, 0.29) is 12.1 Å². The van der Waals surface area contributed by atoms with E-state index in [9.17, 15) is 0 Å². The molecule has 0 unspecified atom stereocenters. The molecule has 1 aliphatic heterocycles. The zero-order valence-corrected chi connectivity index (χ0v) is 15.0. The summed E-state index contributed by atoms with van der Waals surface area (Å²) >= 11 is 5.66. The molecule has 0 aliphatic carbocycles. The largest absolute Gasteiger partial charge is 0.464 e. The number of pyridine rings is 1. The number of aromatic nitrogens is 1. The first-order chi connectivity index (χ1) is 12.1. The van der Waals surface area contributed by atoms with Gasteiger partial charge >= 0.3 is 0 Å². The zero-order valence-electron chi connectivity index (χ0n) is 14.1. The van der Waals surface area contributed by atoms with Gasteiger partial charge in [0.25, 0.3) is 0 Å². The molecule has 0 amide bonds. The Morgan fingerprint density at radius 1 is 1.04 bits per heavy atom. The molecule has 4 rings (SSSR count). The molecule has 0 spiro atoms. The highest BCUT2D eigenvalue weighted by Gasteiger charge is 2.42. The second-order valence-electron chi connectivity index (χ2n) is 6.28. The SMILES string of the molecule is Cc1ccc(N2C(=S)N[C@@H](c3ccccn3)[C@H]2c2ccc(C)o2)cc1. The van der Waals surface area contributed by atoms with Crippen molar-refractivity contribution < 1.29 is 4.42 Å². The third-order valence-electron chi connectivity index (χ3n) is 4.46. The van der Waals surface area contributed by atoms with Crippen molar-refractivity contribution in [3.63, 3.8) is 0 Å². The van der Waals surface area contributed by atoms with Crippen LogP contribution in [0.3, 0.4) is 0 Å². The van der Waals surface area contributed by atoms with Crippen LogP contribution in [0.1, 0.15) is 34.9 Å². The number of nitrogens with zero attached hydrogens (tertiary/aromatic N) is 2. The Bertz CT molecular complexity index is 889. The van der Waals surface area contributed by atoms with Crippen LogP contribution in [0.15, 0.2) is 65.2 Å². The first kappa shape index (κ1) is 15.8. The van der Waals surface area contributed by atoms with E-state index in [0.717, 1.165) is 22.9 Å². The van der Waals surface area contributed by atoms with Crippen LogP contribution in [0.2, 0.25) is 0 Å². The van der Waals surface area contributed by atoms with Gasteiger partial charge < -0.3 is 14.6 Å². The van der Waals surface area contributed by atoms with E-state index in [2.05, 4.69) is 46.4 Å².